The van der Waals surface area contributed by atoms with Gasteiger partial charge in [-0.25, -0.2) is 0 Å². The van der Waals surface area contributed by atoms with E-state index in [0.717, 1.165) is 13.0 Å². The summed E-state index contributed by atoms with van der Waals surface area (Å²) in [6, 6.07) is 0.515. The second-order valence-electron chi connectivity index (χ2n) is 3.26. The van der Waals surface area contributed by atoms with Crippen LogP contribution in [-0.2, 0) is 4.74 Å². The first-order valence-electron chi connectivity index (χ1n) is 5.02. The van der Waals surface area contributed by atoms with E-state index in [1.165, 1.54) is 12.8 Å². The van der Waals surface area contributed by atoms with E-state index in [0.29, 0.717) is 12.1 Å². The molecule has 2 atom stereocenters. The Kier molecular flexibility index (Phi) is 7.51. The summed E-state index contributed by atoms with van der Waals surface area (Å²) < 4.78 is 5.27. The van der Waals surface area contributed by atoms with Crippen LogP contribution in [0.15, 0.2) is 0 Å². The summed E-state index contributed by atoms with van der Waals surface area (Å²) >= 11 is 0. The zero-order valence-electron chi connectivity index (χ0n) is 8.89. The topological polar surface area (TPSA) is 21.3 Å². The van der Waals surface area contributed by atoms with Crippen molar-refractivity contribution in [3.05, 3.63) is 0 Å². The SMILES string of the molecule is CCCCNC(CC)C(C)OC. The predicted octanol–water partition coefficient (Wildman–Crippen LogP) is 2.19. The molecule has 0 aromatic carbocycles. The molecule has 2 unspecified atom stereocenters. The predicted molar refractivity (Wildman–Crippen MR) is 53.5 cm³/mol. The molecule has 0 rings (SSSR count). The molecule has 0 aliphatic carbocycles. The normalized spacial score (nSPS) is 16.0. The molecule has 2 nitrogen and oxygen atoms in total. The number of hydrogen-bond donors (Lipinski definition) is 1. The lowest BCUT2D eigenvalue weighted by atomic mass is 10.1. The lowest BCUT2D eigenvalue weighted by molar-refractivity contribution is 0.0816. The smallest absolute Gasteiger partial charge is 0.0696 e. The van der Waals surface area contributed by atoms with Crippen LogP contribution in [-0.4, -0.2) is 25.8 Å². The number of rotatable bonds is 7. The van der Waals surface area contributed by atoms with Crippen molar-refractivity contribution < 1.29 is 4.74 Å². The Morgan fingerprint density at radius 1 is 1.33 bits per heavy atom. The van der Waals surface area contributed by atoms with Gasteiger partial charge in [0.15, 0.2) is 0 Å². The van der Waals surface area contributed by atoms with Crippen molar-refractivity contribution in [2.45, 2.75) is 52.2 Å². The van der Waals surface area contributed by atoms with Gasteiger partial charge in [0, 0.05) is 13.2 Å². The minimum absolute atomic E-state index is 0.326. The van der Waals surface area contributed by atoms with Gasteiger partial charge in [0.2, 0.25) is 0 Å². The van der Waals surface area contributed by atoms with Gasteiger partial charge < -0.3 is 10.1 Å². The van der Waals surface area contributed by atoms with Gasteiger partial charge in [0.25, 0.3) is 0 Å². The average molecular weight is 173 g/mol. The van der Waals surface area contributed by atoms with E-state index in [1.807, 2.05) is 0 Å². The Hall–Kier alpha value is -0.0800. The molecule has 0 saturated heterocycles. The van der Waals surface area contributed by atoms with Crippen molar-refractivity contribution in [2.75, 3.05) is 13.7 Å². The van der Waals surface area contributed by atoms with Crippen LogP contribution in [0, 0.1) is 0 Å². The Labute approximate surface area is 76.7 Å². The molecule has 74 valence electrons. The van der Waals surface area contributed by atoms with Gasteiger partial charge in [0.1, 0.15) is 0 Å². The van der Waals surface area contributed by atoms with Crippen LogP contribution in [0.25, 0.3) is 0 Å². The summed E-state index contributed by atoms with van der Waals surface area (Å²) in [5, 5.41) is 3.50. The molecular formula is C10H23NO. The van der Waals surface area contributed by atoms with Crippen molar-refractivity contribution in [3.63, 3.8) is 0 Å². The third kappa shape index (κ3) is 4.73. The van der Waals surface area contributed by atoms with E-state index < -0.39 is 0 Å². The number of unbranched alkanes of at least 4 members (excludes halogenated alkanes) is 1. The maximum atomic E-state index is 5.27. The zero-order chi connectivity index (χ0) is 9.40. The second kappa shape index (κ2) is 7.56. The van der Waals surface area contributed by atoms with Crippen LogP contribution >= 0.6 is 0 Å². The van der Waals surface area contributed by atoms with Gasteiger partial charge in [-0.15, -0.1) is 0 Å². The number of methoxy groups -OCH3 is 1. The fraction of sp³-hybridized carbons (Fsp3) is 1.00. The van der Waals surface area contributed by atoms with Crippen LogP contribution in [0.4, 0.5) is 0 Å². The van der Waals surface area contributed by atoms with Crippen molar-refractivity contribution in [2.24, 2.45) is 0 Å². The van der Waals surface area contributed by atoms with Gasteiger partial charge in [-0.2, -0.15) is 0 Å². The van der Waals surface area contributed by atoms with Crippen LogP contribution in [0.5, 0.6) is 0 Å². The third-order valence-corrected chi connectivity index (χ3v) is 2.32. The maximum Gasteiger partial charge on any atom is 0.0696 e. The monoisotopic (exact) mass is 173 g/mol. The first-order valence-corrected chi connectivity index (χ1v) is 5.02. The molecule has 0 aromatic heterocycles. The van der Waals surface area contributed by atoms with E-state index >= 15 is 0 Å². The summed E-state index contributed by atoms with van der Waals surface area (Å²) in [5.41, 5.74) is 0. The molecule has 0 bridgehead atoms. The molecule has 0 heterocycles. The fourth-order valence-electron chi connectivity index (χ4n) is 1.27. The van der Waals surface area contributed by atoms with Crippen molar-refractivity contribution >= 4 is 0 Å². The number of ether oxygens (including phenoxy) is 1. The zero-order valence-corrected chi connectivity index (χ0v) is 8.89. The third-order valence-electron chi connectivity index (χ3n) is 2.32. The second-order valence-corrected chi connectivity index (χ2v) is 3.26. The molecule has 0 radical (unpaired) electrons. The van der Waals surface area contributed by atoms with E-state index in [1.54, 1.807) is 7.11 Å². The van der Waals surface area contributed by atoms with Crippen LogP contribution in [0.3, 0.4) is 0 Å². The van der Waals surface area contributed by atoms with E-state index in [-0.39, 0.29) is 0 Å². The van der Waals surface area contributed by atoms with Gasteiger partial charge >= 0.3 is 0 Å². The van der Waals surface area contributed by atoms with Crippen LogP contribution in [0.2, 0.25) is 0 Å². The molecule has 0 spiro atoms. The highest BCUT2D eigenvalue weighted by molar-refractivity contribution is 4.71. The highest BCUT2D eigenvalue weighted by Gasteiger charge is 2.12. The Balaban J connectivity index is 3.52. The van der Waals surface area contributed by atoms with Gasteiger partial charge in [-0.1, -0.05) is 20.3 Å². The number of hydrogen-bond acceptors (Lipinski definition) is 2. The highest BCUT2D eigenvalue weighted by Crippen LogP contribution is 2.01. The fourth-order valence-corrected chi connectivity index (χ4v) is 1.27. The molecule has 1 N–H and O–H groups in total. The lowest BCUT2D eigenvalue weighted by Gasteiger charge is -2.22. The van der Waals surface area contributed by atoms with E-state index in [9.17, 15) is 0 Å². The first-order chi connectivity index (χ1) is 5.76. The maximum absolute atomic E-state index is 5.27. The summed E-state index contributed by atoms with van der Waals surface area (Å²) in [5.74, 6) is 0. The molecule has 0 amide bonds. The van der Waals surface area contributed by atoms with E-state index in [4.69, 9.17) is 4.74 Å². The molecule has 2 heteroatoms. The van der Waals surface area contributed by atoms with E-state index in [2.05, 4.69) is 26.1 Å². The molecule has 0 saturated carbocycles. The highest BCUT2D eigenvalue weighted by atomic mass is 16.5. The van der Waals surface area contributed by atoms with Crippen LogP contribution in [0.1, 0.15) is 40.0 Å². The quantitative estimate of drug-likeness (QED) is 0.596. The largest absolute Gasteiger partial charge is 0.380 e. The molecule has 0 fully saturated rings. The van der Waals surface area contributed by atoms with Gasteiger partial charge in [-0.05, 0) is 26.3 Å². The molecule has 0 aliphatic heterocycles. The summed E-state index contributed by atoms with van der Waals surface area (Å²) in [7, 11) is 1.77. The minimum atomic E-state index is 0.326. The minimum Gasteiger partial charge on any atom is -0.380 e. The van der Waals surface area contributed by atoms with Crippen molar-refractivity contribution in [3.8, 4) is 0 Å². The summed E-state index contributed by atoms with van der Waals surface area (Å²) in [6.07, 6.45) is 3.98. The lowest BCUT2D eigenvalue weighted by Crippen LogP contribution is -2.39. The van der Waals surface area contributed by atoms with Gasteiger partial charge in [0.05, 0.1) is 6.10 Å². The molecule has 0 aromatic rings. The summed E-state index contributed by atoms with van der Waals surface area (Å²) in [4.78, 5) is 0. The van der Waals surface area contributed by atoms with Crippen LogP contribution < -0.4 is 5.32 Å². The molecule has 0 aliphatic rings. The molecular weight excluding hydrogens is 150 g/mol. The molecule has 12 heavy (non-hydrogen) atoms. The summed E-state index contributed by atoms with van der Waals surface area (Å²) in [6.45, 7) is 7.64. The van der Waals surface area contributed by atoms with Crippen molar-refractivity contribution in [1.82, 2.24) is 5.32 Å². The Morgan fingerprint density at radius 3 is 2.42 bits per heavy atom. The standard InChI is InChI=1S/C10H23NO/c1-5-7-8-11-10(6-2)9(3)12-4/h9-11H,5-8H2,1-4H3. The Bertz CT molecular complexity index is 95.8. The van der Waals surface area contributed by atoms with Gasteiger partial charge in [-0.3, -0.25) is 0 Å². The van der Waals surface area contributed by atoms with Crippen molar-refractivity contribution in [1.29, 1.82) is 0 Å². The first kappa shape index (κ1) is 11.9. The Morgan fingerprint density at radius 2 is 2.00 bits per heavy atom. The number of nitrogens with one attached hydrogen (secondary N) is 1. The average Bonchev–Trinajstić information content (AvgIpc) is 2.11.